The minimum absolute atomic E-state index is 0.295. The molecule has 0 radical (unpaired) electrons. The summed E-state index contributed by atoms with van der Waals surface area (Å²) in [6.07, 6.45) is 0. The molecule has 0 rings (SSSR count). The van der Waals surface area contributed by atoms with E-state index >= 15 is 0 Å². The van der Waals surface area contributed by atoms with E-state index in [1.165, 1.54) is 0 Å². The molecule has 0 atom stereocenters. The highest BCUT2D eigenvalue weighted by molar-refractivity contribution is 7.48. The number of hydrogen-bond acceptors (Lipinski definition) is 4. The van der Waals surface area contributed by atoms with Crippen LogP contribution in [0.1, 0.15) is 48.5 Å². The topological polar surface area (TPSA) is 44.8 Å². The summed E-state index contributed by atoms with van der Waals surface area (Å²) in [4.78, 5) is 0. The first-order chi connectivity index (χ1) is 6.47. The van der Waals surface area contributed by atoms with Crippen molar-refractivity contribution in [3.63, 3.8) is 0 Å². The van der Waals surface area contributed by atoms with E-state index in [0.29, 0.717) is 6.61 Å². The van der Waals surface area contributed by atoms with E-state index in [2.05, 4.69) is 0 Å². The van der Waals surface area contributed by atoms with E-state index in [-0.39, 0.29) is 0 Å². The van der Waals surface area contributed by atoms with Gasteiger partial charge in [0.05, 0.1) is 17.8 Å². The van der Waals surface area contributed by atoms with Crippen LogP contribution in [-0.4, -0.2) is 17.8 Å². The molecule has 0 aromatic heterocycles. The smallest absolute Gasteiger partial charge is 0.287 e. The summed E-state index contributed by atoms with van der Waals surface area (Å²) in [7, 11) is -3.46. The Bertz CT molecular complexity index is 217. The molecule has 0 aliphatic rings. The van der Waals surface area contributed by atoms with Gasteiger partial charge in [0, 0.05) is 0 Å². The third kappa shape index (κ3) is 7.97. The van der Waals surface area contributed by atoms with E-state index in [1.54, 1.807) is 6.92 Å². The largest absolute Gasteiger partial charge is 0.475 e. The summed E-state index contributed by atoms with van der Waals surface area (Å²) in [6.45, 7) is 12.9. The molecular weight excluding hydrogens is 215 g/mol. The zero-order valence-corrected chi connectivity index (χ0v) is 11.7. The van der Waals surface area contributed by atoms with Gasteiger partial charge in [-0.2, -0.15) is 0 Å². The lowest BCUT2D eigenvalue weighted by atomic mass is 10.2. The Balaban J connectivity index is 4.68. The van der Waals surface area contributed by atoms with Gasteiger partial charge >= 0.3 is 7.82 Å². The Morgan fingerprint density at radius 1 is 0.933 bits per heavy atom. The Kier molecular flexibility index (Phi) is 5.00. The maximum atomic E-state index is 12.2. The molecule has 0 heterocycles. The van der Waals surface area contributed by atoms with Crippen LogP contribution in [0.25, 0.3) is 0 Å². The average molecular weight is 238 g/mol. The van der Waals surface area contributed by atoms with Crippen LogP contribution in [0, 0.1) is 0 Å². The van der Waals surface area contributed by atoms with Gasteiger partial charge in [0.15, 0.2) is 0 Å². The standard InChI is InChI=1S/C10H23O4P/c1-8-12-15(11,13-9(2,3)4)14-10(5,6)7/h8H2,1-7H3. The predicted molar refractivity (Wildman–Crippen MR) is 60.9 cm³/mol. The molecule has 0 saturated carbocycles. The van der Waals surface area contributed by atoms with Crippen molar-refractivity contribution in [2.45, 2.75) is 59.7 Å². The minimum atomic E-state index is -3.46. The number of hydrogen-bond donors (Lipinski definition) is 0. The second-order valence-electron chi connectivity index (χ2n) is 5.27. The number of rotatable bonds is 4. The second-order valence-corrected chi connectivity index (χ2v) is 6.79. The van der Waals surface area contributed by atoms with E-state index < -0.39 is 19.0 Å². The summed E-state index contributed by atoms with van der Waals surface area (Å²) in [5.74, 6) is 0. The Labute approximate surface area is 92.9 Å². The van der Waals surface area contributed by atoms with Crippen molar-refractivity contribution < 1.29 is 18.1 Å². The molecule has 0 bridgehead atoms. The maximum absolute atomic E-state index is 12.2. The fourth-order valence-electron chi connectivity index (χ4n) is 0.900. The summed E-state index contributed by atoms with van der Waals surface area (Å²) in [5, 5.41) is 0. The highest BCUT2D eigenvalue weighted by Crippen LogP contribution is 2.55. The van der Waals surface area contributed by atoms with Gasteiger partial charge in [-0.15, -0.1) is 0 Å². The van der Waals surface area contributed by atoms with Gasteiger partial charge in [0.1, 0.15) is 0 Å². The van der Waals surface area contributed by atoms with Gasteiger partial charge in [0.25, 0.3) is 0 Å². The van der Waals surface area contributed by atoms with Crippen molar-refractivity contribution in [1.29, 1.82) is 0 Å². The molecule has 0 aliphatic carbocycles. The number of phosphoric ester groups is 1. The van der Waals surface area contributed by atoms with Gasteiger partial charge in [-0.25, -0.2) is 4.57 Å². The summed E-state index contributed by atoms with van der Waals surface area (Å²) in [5.41, 5.74) is -1.12. The molecular formula is C10H23O4P. The quantitative estimate of drug-likeness (QED) is 0.699. The molecule has 0 aromatic carbocycles. The highest BCUT2D eigenvalue weighted by atomic mass is 31.2. The Morgan fingerprint density at radius 2 is 1.27 bits per heavy atom. The molecule has 0 aromatic rings. The van der Waals surface area contributed by atoms with Crippen LogP contribution in [0.15, 0.2) is 0 Å². The predicted octanol–water partition coefficient (Wildman–Crippen LogP) is 3.76. The minimum Gasteiger partial charge on any atom is -0.287 e. The first-order valence-electron chi connectivity index (χ1n) is 5.13. The van der Waals surface area contributed by atoms with Gasteiger partial charge < -0.3 is 0 Å². The Hall–Kier alpha value is 0.110. The molecule has 5 heteroatoms. The zero-order valence-electron chi connectivity index (χ0n) is 10.8. The molecule has 4 nitrogen and oxygen atoms in total. The number of phosphoric acid groups is 1. The molecule has 15 heavy (non-hydrogen) atoms. The van der Waals surface area contributed by atoms with Crippen LogP contribution in [0.4, 0.5) is 0 Å². The Morgan fingerprint density at radius 3 is 1.47 bits per heavy atom. The lowest BCUT2D eigenvalue weighted by molar-refractivity contribution is 0.00500. The first kappa shape index (κ1) is 15.1. The molecule has 0 unspecified atom stereocenters. The third-order valence-corrected chi connectivity index (χ3v) is 3.18. The van der Waals surface area contributed by atoms with Crippen LogP contribution in [-0.2, 0) is 18.1 Å². The van der Waals surface area contributed by atoms with Crippen molar-refractivity contribution in [1.82, 2.24) is 0 Å². The molecule has 0 fully saturated rings. The highest BCUT2D eigenvalue weighted by Gasteiger charge is 2.36. The second kappa shape index (κ2) is 4.96. The van der Waals surface area contributed by atoms with Gasteiger partial charge in [-0.3, -0.25) is 13.6 Å². The lowest BCUT2D eigenvalue weighted by Gasteiger charge is -2.30. The van der Waals surface area contributed by atoms with Crippen molar-refractivity contribution in [2.75, 3.05) is 6.61 Å². The van der Waals surface area contributed by atoms with Crippen molar-refractivity contribution in [2.24, 2.45) is 0 Å². The zero-order chi connectivity index (χ0) is 12.3. The molecule has 0 N–H and O–H groups in total. The van der Waals surface area contributed by atoms with Crippen molar-refractivity contribution >= 4 is 7.82 Å². The summed E-state index contributed by atoms with van der Waals surface area (Å²) < 4.78 is 28.0. The van der Waals surface area contributed by atoms with Gasteiger partial charge in [0.2, 0.25) is 0 Å². The van der Waals surface area contributed by atoms with E-state index in [9.17, 15) is 4.57 Å². The van der Waals surface area contributed by atoms with E-state index in [0.717, 1.165) is 0 Å². The van der Waals surface area contributed by atoms with Crippen LogP contribution in [0.2, 0.25) is 0 Å². The molecule has 0 spiro atoms. The summed E-state index contributed by atoms with van der Waals surface area (Å²) >= 11 is 0. The lowest BCUT2D eigenvalue weighted by Crippen LogP contribution is -2.24. The fraction of sp³-hybridized carbons (Fsp3) is 1.00. The van der Waals surface area contributed by atoms with Crippen molar-refractivity contribution in [3.8, 4) is 0 Å². The molecule has 92 valence electrons. The van der Waals surface area contributed by atoms with Gasteiger partial charge in [-0.05, 0) is 48.5 Å². The maximum Gasteiger partial charge on any atom is 0.475 e. The SMILES string of the molecule is CCOP(=O)(OC(C)(C)C)OC(C)(C)C. The molecule has 0 amide bonds. The fourth-order valence-corrected chi connectivity index (χ4v) is 2.70. The molecule has 0 aliphatic heterocycles. The van der Waals surface area contributed by atoms with Crippen LogP contribution in [0.3, 0.4) is 0 Å². The normalized spacial score (nSPS) is 14.3. The van der Waals surface area contributed by atoms with E-state index in [4.69, 9.17) is 13.6 Å². The van der Waals surface area contributed by atoms with Gasteiger partial charge in [-0.1, -0.05) is 0 Å². The van der Waals surface area contributed by atoms with Crippen LogP contribution >= 0.6 is 7.82 Å². The molecule has 0 saturated heterocycles. The van der Waals surface area contributed by atoms with E-state index in [1.807, 2.05) is 41.5 Å². The first-order valence-corrected chi connectivity index (χ1v) is 6.59. The average Bonchev–Trinajstić information content (AvgIpc) is 1.74. The summed E-state index contributed by atoms with van der Waals surface area (Å²) in [6, 6.07) is 0. The van der Waals surface area contributed by atoms with Crippen molar-refractivity contribution in [3.05, 3.63) is 0 Å². The monoisotopic (exact) mass is 238 g/mol. The van der Waals surface area contributed by atoms with Crippen LogP contribution < -0.4 is 0 Å². The third-order valence-electron chi connectivity index (χ3n) is 1.06. The van der Waals surface area contributed by atoms with Crippen LogP contribution in [0.5, 0.6) is 0 Å².